The lowest BCUT2D eigenvalue weighted by molar-refractivity contribution is 0.0342. The van der Waals surface area contributed by atoms with E-state index >= 15 is 0 Å². The summed E-state index contributed by atoms with van der Waals surface area (Å²) < 4.78 is 19.0. The molecule has 0 spiro atoms. The van der Waals surface area contributed by atoms with Crippen molar-refractivity contribution in [3.05, 3.63) is 71.0 Å². The molecule has 2 aromatic rings. The fourth-order valence-electron chi connectivity index (χ4n) is 3.98. The van der Waals surface area contributed by atoms with Gasteiger partial charge < -0.3 is 15.4 Å². The van der Waals surface area contributed by atoms with Crippen LogP contribution in [0.3, 0.4) is 0 Å². The number of aliphatic imine (C=N–C) groups is 1. The van der Waals surface area contributed by atoms with Gasteiger partial charge in [-0.3, -0.25) is 9.89 Å². The average molecular weight is 411 g/mol. The number of benzene rings is 2. The van der Waals surface area contributed by atoms with Crippen LogP contribution in [0.4, 0.5) is 4.39 Å². The minimum Gasteiger partial charge on any atom is -0.379 e. The van der Waals surface area contributed by atoms with Crippen LogP contribution in [-0.4, -0.2) is 50.8 Å². The van der Waals surface area contributed by atoms with Crippen LogP contribution in [0.25, 0.3) is 0 Å². The number of halogens is 1. The molecule has 1 heterocycles. The Hall–Kier alpha value is -2.44. The summed E-state index contributed by atoms with van der Waals surface area (Å²) in [5.41, 5.74) is 3.64. The topological polar surface area (TPSA) is 48.9 Å². The van der Waals surface area contributed by atoms with E-state index in [1.54, 1.807) is 19.2 Å². The van der Waals surface area contributed by atoms with Gasteiger partial charge >= 0.3 is 0 Å². The number of guanidine groups is 1. The Bertz CT molecular complexity index is 858. The molecule has 0 bridgehead atoms. The minimum atomic E-state index is -0.168. The zero-order valence-electron chi connectivity index (χ0n) is 17.7. The monoisotopic (exact) mass is 410 g/mol. The third-order valence-electron chi connectivity index (χ3n) is 6.10. The second-order valence-corrected chi connectivity index (χ2v) is 8.28. The predicted octanol–water partition coefficient (Wildman–Crippen LogP) is 3.05. The second-order valence-electron chi connectivity index (χ2n) is 8.28. The van der Waals surface area contributed by atoms with E-state index in [1.807, 2.05) is 6.07 Å². The van der Waals surface area contributed by atoms with E-state index in [0.717, 1.165) is 63.8 Å². The van der Waals surface area contributed by atoms with Gasteiger partial charge in [0.2, 0.25) is 0 Å². The Morgan fingerprint density at radius 3 is 2.47 bits per heavy atom. The van der Waals surface area contributed by atoms with Crippen molar-refractivity contribution in [1.29, 1.82) is 0 Å². The van der Waals surface area contributed by atoms with Crippen molar-refractivity contribution < 1.29 is 9.13 Å². The molecule has 1 saturated carbocycles. The number of hydrogen-bond donors (Lipinski definition) is 2. The van der Waals surface area contributed by atoms with Crippen LogP contribution >= 0.6 is 0 Å². The molecule has 30 heavy (non-hydrogen) atoms. The van der Waals surface area contributed by atoms with Crippen molar-refractivity contribution in [3.8, 4) is 0 Å². The summed E-state index contributed by atoms with van der Waals surface area (Å²) in [5, 5.41) is 6.81. The van der Waals surface area contributed by atoms with E-state index < -0.39 is 0 Å². The maximum Gasteiger partial charge on any atom is 0.191 e. The Labute approximate surface area is 178 Å². The fourth-order valence-corrected chi connectivity index (χ4v) is 3.98. The molecule has 2 aliphatic rings. The van der Waals surface area contributed by atoms with Crippen LogP contribution in [0.5, 0.6) is 0 Å². The molecule has 1 saturated heterocycles. The highest BCUT2D eigenvalue weighted by Gasteiger charge is 2.44. The first-order valence-corrected chi connectivity index (χ1v) is 10.8. The molecule has 2 aromatic carbocycles. The highest BCUT2D eigenvalue weighted by molar-refractivity contribution is 5.79. The zero-order valence-corrected chi connectivity index (χ0v) is 17.7. The lowest BCUT2D eigenvalue weighted by Crippen LogP contribution is -2.40. The Kier molecular flexibility index (Phi) is 6.65. The first-order valence-electron chi connectivity index (χ1n) is 10.8. The Morgan fingerprint density at radius 1 is 1.07 bits per heavy atom. The predicted molar refractivity (Wildman–Crippen MR) is 118 cm³/mol. The van der Waals surface area contributed by atoms with E-state index in [4.69, 9.17) is 4.74 Å². The summed E-state index contributed by atoms with van der Waals surface area (Å²) in [6.07, 6.45) is 2.15. The van der Waals surface area contributed by atoms with Gasteiger partial charge in [0.05, 0.1) is 13.2 Å². The standard InChI is InChI=1S/C24H31FN4O/c1-26-23(28-18-24(9-10-24)21-3-2-4-22(25)15-21)27-16-19-5-7-20(8-6-19)17-29-11-13-30-14-12-29/h2-8,15H,9-14,16-18H2,1H3,(H2,26,27,28). The van der Waals surface area contributed by atoms with E-state index in [0.29, 0.717) is 6.54 Å². The number of rotatable bonds is 7. The average Bonchev–Trinajstić information content (AvgIpc) is 3.57. The van der Waals surface area contributed by atoms with Gasteiger partial charge in [0, 0.05) is 45.2 Å². The third kappa shape index (κ3) is 5.37. The van der Waals surface area contributed by atoms with E-state index in [1.165, 1.54) is 17.2 Å². The van der Waals surface area contributed by atoms with Crippen LogP contribution in [0.15, 0.2) is 53.5 Å². The lowest BCUT2D eigenvalue weighted by Gasteiger charge is -2.26. The highest BCUT2D eigenvalue weighted by atomic mass is 19.1. The van der Waals surface area contributed by atoms with Gasteiger partial charge in [0.15, 0.2) is 5.96 Å². The molecule has 1 aliphatic heterocycles. The van der Waals surface area contributed by atoms with Gasteiger partial charge in [-0.1, -0.05) is 36.4 Å². The quantitative estimate of drug-likeness (QED) is 0.544. The van der Waals surface area contributed by atoms with E-state index in [2.05, 4.69) is 44.8 Å². The number of nitrogens with one attached hydrogen (secondary N) is 2. The molecule has 0 unspecified atom stereocenters. The molecule has 5 nitrogen and oxygen atoms in total. The van der Waals surface area contributed by atoms with Crippen LogP contribution in [0, 0.1) is 5.82 Å². The van der Waals surface area contributed by atoms with Crippen molar-refractivity contribution in [1.82, 2.24) is 15.5 Å². The van der Waals surface area contributed by atoms with Gasteiger partial charge in [0.25, 0.3) is 0 Å². The zero-order chi connectivity index (χ0) is 20.8. The second kappa shape index (κ2) is 9.58. The summed E-state index contributed by atoms with van der Waals surface area (Å²) in [6.45, 7) is 6.11. The maximum atomic E-state index is 13.6. The molecule has 4 rings (SSSR count). The molecular weight excluding hydrogens is 379 g/mol. The van der Waals surface area contributed by atoms with Crippen LogP contribution < -0.4 is 10.6 Å². The summed E-state index contributed by atoms with van der Waals surface area (Å²) in [7, 11) is 1.78. The van der Waals surface area contributed by atoms with Gasteiger partial charge in [-0.15, -0.1) is 0 Å². The van der Waals surface area contributed by atoms with Crippen LogP contribution in [0.2, 0.25) is 0 Å². The van der Waals surface area contributed by atoms with Crippen LogP contribution in [0.1, 0.15) is 29.5 Å². The summed E-state index contributed by atoms with van der Waals surface area (Å²) >= 11 is 0. The van der Waals surface area contributed by atoms with Gasteiger partial charge in [-0.25, -0.2) is 4.39 Å². The minimum absolute atomic E-state index is 0.0286. The number of ether oxygens (including phenoxy) is 1. The Morgan fingerprint density at radius 2 is 1.80 bits per heavy atom. The first-order chi connectivity index (χ1) is 14.7. The molecule has 160 valence electrons. The molecule has 0 amide bonds. The maximum absolute atomic E-state index is 13.6. The van der Waals surface area contributed by atoms with E-state index in [-0.39, 0.29) is 11.2 Å². The fraction of sp³-hybridized carbons (Fsp3) is 0.458. The normalized spacial score (nSPS) is 18.8. The molecule has 0 radical (unpaired) electrons. The molecule has 1 aliphatic carbocycles. The first kappa shape index (κ1) is 20.8. The largest absolute Gasteiger partial charge is 0.379 e. The summed E-state index contributed by atoms with van der Waals surface area (Å²) in [4.78, 5) is 6.77. The van der Waals surface area contributed by atoms with Gasteiger partial charge in [-0.2, -0.15) is 0 Å². The van der Waals surface area contributed by atoms with Crippen molar-refractivity contribution in [2.45, 2.75) is 31.3 Å². The lowest BCUT2D eigenvalue weighted by atomic mass is 9.96. The number of nitrogens with zero attached hydrogens (tertiary/aromatic N) is 2. The van der Waals surface area contributed by atoms with E-state index in [9.17, 15) is 4.39 Å². The van der Waals surface area contributed by atoms with Gasteiger partial charge in [0.1, 0.15) is 5.82 Å². The van der Waals surface area contributed by atoms with Crippen molar-refractivity contribution in [3.63, 3.8) is 0 Å². The van der Waals surface area contributed by atoms with Crippen molar-refractivity contribution >= 4 is 5.96 Å². The van der Waals surface area contributed by atoms with Crippen molar-refractivity contribution in [2.75, 3.05) is 39.9 Å². The highest BCUT2D eigenvalue weighted by Crippen LogP contribution is 2.47. The SMILES string of the molecule is CN=C(NCc1ccc(CN2CCOCC2)cc1)NCC1(c2cccc(F)c2)CC1. The third-order valence-corrected chi connectivity index (χ3v) is 6.10. The summed E-state index contributed by atoms with van der Waals surface area (Å²) in [5.74, 6) is 0.605. The molecule has 2 fully saturated rings. The molecular formula is C24H31FN4O. The van der Waals surface area contributed by atoms with Crippen molar-refractivity contribution in [2.24, 2.45) is 4.99 Å². The summed E-state index contributed by atoms with van der Waals surface area (Å²) in [6, 6.07) is 15.7. The molecule has 0 atom stereocenters. The van der Waals surface area contributed by atoms with Gasteiger partial charge in [-0.05, 0) is 41.7 Å². The smallest absolute Gasteiger partial charge is 0.191 e. The molecule has 6 heteroatoms. The van der Waals surface area contributed by atoms with Crippen LogP contribution in [-0.2, 0) is 23.2 Å². The molecule has 2 N–H and O–H groups in total. The number of hydrogen-bond acceptors (Lipinski definition) is 3. The molecule has 0 aromatic heterocycles. The Balaban J connectivity index is 1.25. The number of morpholine rings is 1.